The van der Waals surface area contributed by atoms with E-state index in [1.807, 2.05) is 19.1 Å². The summed E-state index contributed by atoms with van der Waals surface area (Å²) in [4.78, 5) is 46.5. The third-order valence-electron chi connectivity index (χ3n) is 3.54. The van der Waals surface area contributed by atoms with Gasteiger partial charge in [-0.05, 0) is 42.8 Å². The van der Waals surface area contributed by atoms with E-state index in [0.29, 0.717) is 11.3 Å². The average Bonchev–Trinajstić information content (AvgIpc) is 2.63. The van der Waals surface area contributed by atoms with E-state index in [1.165, 1.54) is 38.1 Å². The molecule has 0 atom stereocenters. The van der Waals surface area contributed by atoms with Crippen LogP contribution in [0, 0.1) is 6.92 Å². The minimum absolute atomic E-state index is 0.130. The van der Waals surface area contributed by atoms with Crippen molar-refractivity contribution < 1.29 is 33.4 Å². The van der Waals surface area contributed by atoms with Gasteiger partial charge in [0.15, 0.2) is 11.5 Å². The molecule has 1 amide bonds. The molecular weight excluding hydrogens is 390 g/mol. The predicted octanol–water partition coefficient (Wildman–Crippen LogP) is 3.42. The second kappa shape index (κ2) is 10.0. The van der Waals surface area contributed by atoms with E-state index in [-0.39, 0.29) is 17.2 Å². The van der Waals surface area contributed by atoms with E-state index in [9.17, 15) is 19.2 Å². The number of anilines is 1. The number of carbonyl (C=O) groups excluding carboxylic acids is 4. The SMILES string of the molecule is CC(=O)Oc1cc(/C=C/C(=O)Nc2ccc(C)cc2)cc(OC(C)=O)c1OC(C)=O. The summed E-state index contributed by atoms with van der Waals surface area (Å²) in [5.74, 6) is -2.91. The lowest BCUT2D eigenvalue weighted by Gasteiger charge is -2.14. The fourth-order valence-corrected chi connectivity index (χ4v) is 2.39. The summed E-state index contributed by atoms with van der Waals surface area (Å²) in [6, 6.07) is 10.0. The van der Waals surface area contributed by atoms with E-state index in [1.54, 1.807) is 12.1 Å². The van der Waals surface area contributed by atoms with E-state index in [4.69, 9.17) is 14.2 Å². The van der Waals surface area contributed by atoms with Gasteiger partial charge >= 0.3 is 17.9 Å². The lowest BCUT2D eigenvalue weighted by molar-refractivity contribution is -0.135. The standard InChI is InChI=1S/C22H21NO7/c1-13-5-8-18(9-6-13)23-21(27)10-7-17-11-19(28-14(2)24)22(30-16(4)26)20(12-17)29-15(3)25/h5-12H,1-4H3,(H,23,27)/b10-7+. The van der Waals surface area contributed by atoms with Gasteiger partial charge in [-0.2, -0.15) is 0 Å². The molecule has 156 valence electrons. The van der Waals surface area contributed by atoms with E-state index in [0.717, 1.165) is 12.5 Å². The summed E-state index contributed by atoms with van der Waals surface area (Å²) >= 11 is 0. The molecule has 0 radical (unpaired) electrons. The Labute approximate surface area is 173 Å². The Bertz CT molecular complexity index is 970. The zero-order valence-corrected chi connectivity index (χ0v) is 17.0. The number of esters is 3. The molecule has 0 fully saturated rings. The first-order valence-corrected chi connectivity index (χ1v) is 8.93. The van der Waals surface area contributed by atoms with Gasteiger partial charge in [0, 0.05) is 32.5 Å². The average molecular weight is 411 g/mol. The van der Waals surface area contributed by atoms with Gasteiger partial charge in [-0.25, -0.2) is 0 Å². The van der Waals surface area contributed by atoms with Gasteiger partial charge < -0.3 is 19.5 Å². The molecule has 0 saturated heterocycles. The molecule has 8 nitrogen and oxygen atoms in total. The maximum atomic E-state index is 12.2. The van der Waals surface area contributed by atoms with Gasteiger partial charge in [0.1, 0.15) is 0 Å². The highest BCUT2D eigenvalue weighted by Gasteiger charge is 2.19. The molecule has 0 aromatic heterocycles. The van der Waals surface area contributed by atoms with Crippen LogP contribution < -0.4 is 19.5 Å². The van der Waals surface area contributed by atoms with Crippen LogP contribution in [-0.4, -0.2) is 23.8 Å². The first-order valence-electron chi connectivity index (χ1n) is 8.93. The van der Waals surface area contributed by atoms with Gasteiger partial charge in [-0.1, -0.05) is 17.7 Å². The highest BCUT2D eigenvalue weighted by Crippen LogP contribution is 2.39. The summed E-state index contributed by atoms with van der Waals surface area (Å²) in [6.45, 7) is 5.42. The number of hydrogen-bond donors (Lipinski definition) is 1. The van der Waals surface area contributed by atoms with Crippen LogP contribution in [0.2, 0.25) is 0 Å². The quantitative estimate of drug-likeness (QED) is 0.441. The van der Waals surface area contributed by atoms with Crippen LogP contribution >= 0.6 is 0 Å². The fourth-order valence-electron chi connectivity index (χ4n) is 2.39. The van der Waals surface area contributed by atoms with Crippen molar-refractivity contribution in [2.45, 2.75) is 27.7 Å². The third-order valence-corrected chi connectivity index (χ3v) is 3.54. The Morgan fingerprint density at radius 1 is 0.800 bits per heavy atom. The molecule has 8 heteroatoms. The van der Waals surface area contributed by atoms with Gasteiger partial charge in [0.25, 0.3) is 0 Å². The highest BCUT2D eigenvalue weighted by atomic mass is 16.6. The van der Waals surface area contributed by atoms with Crippen LogP contribution in [0.1, 0.15) is 31.9 Å². The second-order valence-corrected chi connectivity index (χ2v) is 6.32. The molecule has 0 heterocycles. The third kappa shape index (κ3) is 6.90. The molecule has 0 aliphatic carbocycles. The molecule has 2 aromatic carbocycles. The lowest BCUT2D eigenvalue weighted by atomic mass is 10.1. The number of amides is 1. The number of carbonyl (C=O) groups is 4. The topological polar surface area (TPSA) is 108 Å². The van der Waals surface area contributed by atoms with Crippen LogP contribution in [0.5, 0.6) is 17.2 Å². The molecule has 2 aromatic rings. The summed E-state index contributed by atoms with van der Waals surface area (Å²) < 4.78 is 15.2. The smallest absolute Gasteiger partial charge is 0.308 e. The van der Waals surface area contributed by atoms with Gasteiger partial charge in [-0.15, -0.1) is 0 Å². The number of benzene rings is 2. The van der Waals surface area contributed by atoms with Crippen molar-refractivity contribution in [3.63, 3.8) is 0 Å². The molecular formula is C22H21NO7. The Balaban J connectivity index is 2.35. The molecule has 0 aliphatic rings. The van der Waals surface area contributed by atoms with Crippen molar-refractivity contribution in [1.82, 2.24) is 0 Å². The molecule has 0 spiro atoms. The zero-order valence-electron chi connectivity index (χ0n) is 17.0. The fraction of sp³-hybridized carbons (Fsp3) is 0.182. The Hall–Kier alpha value is -3.94. The van der Waals surface area contributed by atoms with Crippen LogP contribution in [0.15, 0.2) is 42.5 Å². The number of ether oxygens (including phenoxy) is 3. The van der Waals surface area contributed by atoms with Crippen LogP contribution in [-0.2, 0) is 19.2 Å². The maximum absolute atomic E-state index is 12.2. The molecule has 30 heavy (non-hydrogen) atoms. The highest BCUT2D eigenvalue weighted by molar-refractivity contribution is 6.02. The van der Waals surface area contributed by atoms with Gasteiger partial charge in [-0.3, -0.25) is 19.2 Å². The van der Waals surface area contributed by atoms with E-state index >= 15 is 0 Å². The van der Waals surface area contributed by atoms with Crippen molar-refractivity contribution in [2.75, 3.05) is 5.32 Å². The van der Waals surface area contributed by atoms with E-state index in [2.05, 4.69) is 5.32 Å². The van der Waals surface area contributed by atoms with Crippen LogP contribution in [0.25, 0.3) is 6.08 Å². The van der Waals surface area contributed by atoms with E-state index < -0.39 is 23.8 Å². The van der Waals surface area contributed by atoms with Gasteiger partial charge in [0.2, 0.25) is 11.7 Å². The van der Waals surface area contributed by atoms with Gasteiger partial charge in [0.05, 0.1) is 0 Å². The second-order valence-electron chi connectivity index (χ2n) is 6.32. The maximum Gasteiger partial charge on any atom is 0.308 e. The zero-order chi connectivity index (χ0) is 22.3. The van der Waals surface area contributed by atoms with Crippen molar-refractivity contribution in [3.8, 4) is 17.2 Å². The van der Waals surface area contributed by atoms with Crippen molar-refractivity contribution in [2.24, 2.45) is 0 Å². The predicted molar refractivity (Wildman–Crippen MR) is 109 cm³/mol. The van der Waals surface area contributed by atoms with Crippen molar-refractivity contribution in [3.05, 3.63) is 53.6 Å². The Morgan fingerprint density at radius 3 is 1.77 bits per heavy atom. The molecule has 1 N–H and O–H groups in total. The van der Waals surface area contributed by atoms with Crippen LogP contribution in [0.4, 0.5) is 5.69 Å². The largest absolute Gasteiger partial charge is 0.423 e. The Morgan fingerprint density at radius 2 is 1.30 bits per heavy atom. The summed E-state index contributed by atoms with van der Waals surface area (Å²) in [5.41, 5.74) is 2.06. The monoisotopic (exact) mass is 411 g/mol. The van der Waals surface area contributed by atoms with Crippen LogP contribution in [0.3, 0.4) is 0 Å². The minimum atomic E-state index is -0.697. The Kier molecular flexibility index (Phi) is 7.46. The lowest BCUT2D eigenvalue weighted by Crippen LogP contribution is -2.11. The summed E-state index contributed by atoms with van der Waals surface area (Å²) in [6.07, 6.45) is 2.69. The minimum Gasteiger partial charge on any atom is -0.423 e. The summed E-state index contributed by atoms with van der Waals surface area (Å²) in [5, 5.41) is 2.70. The first-order chi connectivity index (χ1) is 14.1. The number of hydrogen-bond acceptors (Lipinski definition) is 7. The number of nitrogens with one attached hydrogen (secondary N) is 1. The normalized spacial score (nSPS) is 10.4. The van der Waals surface area contributed by atoms with Crippen molar-refractivity contribution >= 4 is 35.6 Å². The molecule has 2 rings (SSSR count). The number of rotatable bonds is 6. The molecule has 0 bridgehead atoms. The summed E-state index contributed by atoms with van der Waals surface area (Å²) in [7, 11) is 0. The molecule has 0 unspecified atom stereocenters. The van der Waals surface area contributed by atoms with Crippen molar-refractivity contribution in [1.29, 1.82) is 0 Å². The molecule has 0 saturated carbocycles. The molecule has 0 aliphatic heterocycles. The number of aryl methyl sites for hydroxylation is 1. The first kappa shape index (κ1) is 22.4.